The molecule has 2 aliphatic heterocycles. The van der Waals surface area contributed by atoms with Crippen LogP contribution in [0.15, 0.2) is 62.8 Å². The van der Waals surface area contributed by atoms with Crippen molar-refractivity contribution in [1.29, 1.82) is 0 Å². The van der Waals surface area contributed by atoms with Crippen LogP contribution in [0.4, 0.5) is 13.2 Å². The van der Waals surface area contributed by atoms with Crippen molar-refractivity contribution < 1.29 is 36.3 Å². The van der Waals surface area contributed by atoms with Crippen molar-refractivity contribution >= 4 is 27.4 Å². The maximum Gasteiger partial charge on any atom is 0.433 e. The molecule has 34 heavy (non-hydrogen) atoms. The average molecular weight is 492 g/mol. The number of aryl methyl sites for hydroxylation is 2. The van der Waals surface area contributed by atoms with Gasteiger partial charge in [0.15, 0.2) is 5.71 Å². The van der Waals surface area contributed by atoms with Gasteiger partial charge >= 0.3 is 6.18 Å². The summed E-state index contributed by atoms with van der Waals surface area (Å²) < 4.78 is 65.9. The Morgan fingerprint density at radius 2 is 1.59 bits per heavy atom. The lowest BCUT2D eigenvalue weighted by molar-refractivity contribution is -0.132. The number of alkyl halides is 3. The second kappa shape index (κ2) is 8.17. The highest BCUT2D eigenvalue weighted by molar-refractivity contribution is 7.91. The van der Waals surface area contributed by atoms with Gasteiger partial charge in [0, 0.05) is 5.57 Å². The van der Waals surface area contributed by atoms with E-state index in [1.165, 1.54) is 12.1 Å². The van der Waals surface area contributed by atoms with E-state index in [4.69, 9.17) is 0 Å². The minimum absolute atomic E-state index is 0.00478. The Bertz CT molecular complexity index is 1330. The van der Waals surface area contributed by atoms with E-state index in [-0.39, 0.29) is 20.9 Å². The van der Waals surface area contributed by atoms with Gasteiger partial charge in [-0.2, -0.15) is 13.2 Å². The average Bonchev–Trinajstić information content (AvgIpc) is 2.76. The summed E-state index contributed by atoms with van der Waals surface area (Å²) in [6.45, 7) is 2.36. The van der Waals surface area contributed by atoms with Gasteiger partial charge in [0.2, 0.25) is 15.7 Å². The summed E-state index contributed by atoms with van der Waals surface area (Å²) in [6.07, 6.45) is -4.24. The van der Waals surface area contributed by atoms with Crippen LogP contribution in [0.25, 0.3) is 0 Å². The standard InChI is InChI=1S/C23H19F3N2O5S/c1-11-3-5-14-17(7-11)34(32,33)18-8-12(2)4-6-15(18)19(14)27-21(30)16-9-13(10-29)20(23(24,25)26)28-22(16)31/h3-9,16,19,29H,10H2,1-2H3,(H,27,30). The van der Waals surface area contributed by atoms with Crippen LogP contribution in [-0.2, 0) is 19.4 Å². The number of amides is 2. The number of aliphatic imine (C=N–C) groups is 1. The number of hydrogen-bond acceptors (Lipinski definition) is 5. The van der Waals surface area contributed by atoms with Gasteiger partial charge in [-0.05, 0) is 48.2 Å². The maximum absolute atomic E-state index is 13.3. The van der Waals surface area contributed by atoms with Gasteiger partial charge in [0.1, 0.15) is 5.92 Å². The van der Waals surface area contributed by atoms with Gasteiger partial charge in [-0.3, -0.25) is 9.59 Å². The van der Waals surface area contributed by atoms with Crippen LogP contribution >= 0.6 is 0 Å². The Morgan fingerprint density at radius 3 is 2.06 bits per heavy atom. The summed E-state index contributed by atoms with van der Waals surface area (Å²) in [5, 5.41) is 11.9. The fraction of sp³-hybridized carbons (Fsp3) is 0.261. The van der Waals surface area contributed by atoms with E-state index >= 15 is 0 Å². The molecule has 2 heterocycles. The lowest BCUT2D eigenvalue weighted by atomic mass is 9.93. The fourth-order valence-corrected chi connectivity index (χ4v) is 5.97. The monoisotopic (exact) mass is 492 g/mol. The molecule has 0 saturated carbocycles. The van der Waals surface area contributed by atoms with E-state index in [9.17, 15) is 36.3 Å². The number of dihydropyridines is 1. The Hall–Kier alpha value is -3.31. The van der Waals surface area contributed by atoms with Crippen molar-refractivity contribution in [2.75, 3.05) is 6.61 Å². The smallest absolute Gasteiger partial charge is 0.392 e. The molecular formula is C23H19F3N2O5S. The van der Waals surface area contributed by atoms with Gasteiger partial charge < -0.3 is 10.4 Å². The third-order valence-corrected chi connectivity index (χ3v) is 7.57. The molecule has 0 aromatic heterocycles. The number of carbonyl (C=O) groups excluding carboxylic acids is 2. The molecule has 11 heteroatoms. The summed E-state index contributed by atoms with van der Waals surface area (Å²) in [5.74, 6) is -4.02. The molecule has 0 fully saturated rings. The molecule has 0 saturated heterocycles. The molecule has 0 radical (unpaired) electrons. The Balaban J connectivity index is 1.77. The third-order valence-electron chi connectivity index (χ3n) is 5.71. The molecule has 0 spiro atoms. The number of aliphatic hydroxyl groups excluding tert-OH is 1. The van der Waals surface area contributed by atoms with Crippen LogP contribution in [0.1, 0.15) is 28.3 Å². The Kier molecular flexibility index (Phi) is 5.73. The van der Waals surface area contributed by atoms with Crippen LogP contribution in [0, 0.1) is 19.8 Å². The van der Waals surface area contributed by atoms with E-state index in [1.54, 1.807) is 38.1 Å². The summed E-state index contributed by atoms with van der Waals surface area (Å²) in [4.78, 5) is 28.4. The zero-order valence-corrected chi connectivity index (χ0v) is 18.8. The minimum atomic E-state index is -4.98. The summed E-state index contributed by atoms with van der Waals surface area (Å²) in [7, 11) is -3.90. The van der Waals surface area contributed by atoms with Crippen molar-refractivity contribution in [2.45, 2.75) is 35.9 Å². The summed E-state index contributed by atoms with van der Waals surface area (Å²) in [5.41, 5.74) is -0.347. The number of sulfone groups is 1. The number of nitrogens with one attached hydrogen (secondary N) is 1. The van der Waals surface area contributed by atoms with Crippen LogP contribution in [0.3, 0.4) is 0 Å². The minimum Gasteiger partial charge on any atom is -0.392 e. The van der Waals surface area contributed by atoms with Gasteiger partial charge in [-0.15, -0.1) is 0 Å². The first-order valence-corrected chi connectivity index (χ1v) is 11.6. The first-order chi connectivity index (χ1) is 15.8. The fourth-order valence-electron chi connectivity index (χ4n) is 4.06. The predicted octanol–water partition coefficient (Wildman–Crippen LogP) is 2.73. The molecule has 0 bridgehead atoms. The van der Waals surface area contributed by atoms with Crippen molar-refractivity contribution in [3.63, 3.8) is 0 Å². The highest BCUT2D eigenvalue weighted by Gasteiger charge is 2.44. The molecular weight excluding hydrogens is 473 g/mol. The molecule has 2 amide bonds. The van der Waals surface area contributed by atoms with Crippen LogP contribution in [0.5, 0.6) is 0 Å². The third kappa shape index (κ3) is 3.94. The number of fused-ring (bicyclic) bond motifs is 2. The van der Waals surface area contributed by atoms with Crippen LogP contribution in [-0.4, -0.2) is 43.8 Å². The van der Waals surface area contributed by atoms with Crippen molar-refractivity contribution in [3.05, 3.63) is 70.3 Å². The zero-order chi connectivity index (χ0) is 25.0. The number of halogens is 3. The molecule has 4 rings (SSSR count). The van der Waals surface area contributed by atoms with E-state index < -0.39 is 57.7 Å². The van der Waals surface area contributed by atoms with E-state index in [0.717, 1.165) is 6.08 Å². The Labute approximate surface area is 192 Å². The quantitative estimate of drug-likeness (QED) is 0.640. The topological polar surface area (TPSA) is 113 Å². The number of benzene rings is 2. The van der Waals surface area contributed by atoms with Gasteiger partial charge in [-0.1, -0.05) is 30.3 Å². The molecule has 1 atom stereocenters. The van der Waals surface area contributed by atoms with E-state index in [0.29, 0.717) is 11.1 Å². The summed E-state index contributed by atoms with van der Waals surface area (Å²) in [6, 6.07) is 8.41. The van der Waals surface area contributed by atoms with Crippen molar-refractivity contribution in [1.82, 2.24) is 5.32 Å². The van der Waals surface area contributed by atoms with E-state index in [2.05, 4.69) is 10.3 Å². The van der Waals surface area contributed by atoms with Crippen LogP contribution in [0.2, 0.25) is 0 Å². The molecule has 2 aromatic rings. The molecule has 1 unspecified atom stereocenters. The van der Waals surface area contributed by atoms with Crippen LogP contribution < -0.4 is 5.32 Å². The molecule has 2 N–H and O–H groups in total. The lowest BCUT2D eigenvalue weighted by Gasteiger charge is -2.30. The largest absolute Gasteiger partial charge is 0.433 e. The number of nitrogens with zero attached hydrogens (tertiary/aromatic N) is 1. The Morgan fingerprint density at radius 1 is 1.06 bits per heavy atom. The molecule has 2 aromatic carbocycles. The van der Waals surface area contributed by atoms with Gasteiger partial charge in [-0.25, -0.2) is 13.4 Å². The predicted molar refractivity (Wildman–Crippen MR) is 115 cm³/mol. The SMILES string of the molecule is Cc1ccc2c(c1)S(=O)(=O)c1cc(C)ccc1C2NC(=O)C1C=C(CO)C(C(F)(F)F)=NC1=O. The zero-order valence-electron chi connectivity index (χ0n) is 18.0. The first kappa shape index (κ1) is 23.8. The lowest BCUT2D eigenvalue weighted by Crippen LogP contribution is -2.42. The number of rotatable bonds is 3. The number of aliphatic hydroxyl groups is 1. The second-order valence-electron chi connectivity index (χ2n) is 8.15. The van der Waals surface area contributed by atoms with E-state index in [1.807, 2.05) is 0 Å². The maximum atomic E-state index is 13.3. The van der Waals surface area contributed by atoms with Gasteiger partial charge in [0.05, 0.1) is 22.4 Å². The molecule has 2 aliphatic rings. The highest BCUT2D eigenvalue weighted by atomic mass is 32.2. The van der Waals surface area contributed by atoms with Crippen molar-refractivity contribution in [2.24, 2.45) is 10.9 Å². The number of hydrogen-bond donors (Lipinski definition) is 2. The number of carbonyl (C=O) groups is 2. The normalized spacial score (nSPS) is 19.6. The van der Waals surface area contributed by atoms with Gasteiger partial charge in [0.25, 0.3) is 5.91 Å². The second-order valence-corrected chi connectivity index (χ2v) is 10.0. The first-order valence-electron chi connectivity index (χ1n) is 10.1. The molecule has 0 aliphatic carbocycles. The van der Waals surface area contributed by atoms with Crippen molar-refractivity contribution in [3.8, 4) is 0 Å². The molecule has 7 nitrogen and oxygen atoms in total. The molecule has 178 valence electrons. The summed E-state index contributed by atoms with van der Waals surface area (Å²) >= 11 is 0. The highest BCUT2D eigenvalue weighted by Crippen LogP contribution is 2.41.